The highest BCUT2D eigenvalue weighted by Gasteiger charge is 2.36. The zero-order valence-electron chi connectivity index (χ0n) is 15.6. The molecule has 150 valence electrons. The molecule has 3 rings (SSSR count). The third-order valence-electron chi connectivity index (χ3n) is 5.33. The number of sulfone groups is 1. The summed E-state index contributed by atoms with van der Waals surface area (Å²) in [5, 5.41) is 3.88. The second-order valence-electron chi connectivity index (χ2n) is 7.36. The van der Waals surface area contributed by atoms with Crippen LogP contribution in [0.3, 0.4) is 0 Å². The molecule has 2 aliphatic rings. The lowest BCUT2D eigenvalue weighted by atomic mass is 10.1. The van der Waals surface area contributed by atoms with Crippen molar-refractivity contribution in [1.29, 1.82) is 0 Å². The Hall–Kier alpha value is -1.15. The second kappa shape index (κ2) is 8.90. The number of carbonyl (C=O) groups is 1. The van der Waals surface area contributed by atoms with Crippen molar-refractivity contribution in [1.82, 2.24) is 10.2 Å². The molecule has 8 heteroatoms. The van der Waals surface area contributed by atoms with Crippen LogP contribution in [0.4, 0.5) is 0 Å². The molecule has 1 aromatic rings. The number of amides is 1. The van der Waals surface area contributed by atoms with Gasteiger partial charge in [-0.2, -0.15) is 0 Å². The van der Waals surface area contributed by atoms with E-state index in [-0.39, 0.29) is 42.1 Å². The highest BCUT2D eigenvalue weighted by Crippen LogP contribution is 2.23. The quantitative estimate of drug-likeness (QED) is 0.740. The van der Waals surface area contributed by atoms with Gasteiger partial charge >= 0.3 is 0 Å². The summed E-state index contributed by atoms with van der Waals surface area (Å²) < 4.78 is 29.5. The number of carbonyl (C=O) groups excluding carboxylic acids is 1. The average Bonchev–Trinajstić information content (AvgIpc) is 3.26. The molecule has 3 unspecified atom stereocenters. The van der Waals surface area contributed by atoms with Gasteiger partial charge in [-0.25, -0.2) is 8.42 Å². The maximum Gasteiger partial charge on any atom is 0.236 e. The Balaban J connectivity index is 1.64. The van der Waals surface area contributed by atoms with Gasteiger partial charge in [0, 0.05) is 30.3 Å². The van der Waals surface area contributed by atoms with Gasteiger partial charge in [-0.05, 0) is 37.8 Å². The van der Waals surface area contributed by atoms with Gasteiger partial charge in [-0.15, -0.1) is 0 Å². The molecule has 1 amide bonds. The summed E-state index contributed by atoms with van der Waals surface area (Å²) in [7, 11) is -3.06. The molecule has 0 spiro atoms. The third-order valence-corrected chi connectivity index (χ3v) is 7.42. The number of ether oxygens (including phenoxy) is 1. The van der Waals surface area contributed by atoms with E-state index in [2.05, 4.69) is 5.32 Å². The average molecular weight is 415 g/mol. The minimum Gasteiger partial charge on any atom is -0.376 e. The Morgan fingerprint density at radius 2 is 2.15 bits per heavy atom. The lowest BCUT2D eigenvalue weighted by Crippen LogP contribution is -2.48. The van der Waals surface area contributed by atoms with Crippen molar-refractivity contribution >= 4 is 27.3 Å². The van der Waals surface area contributed by atoms with Gasteiger partial charge in [0.2, 0.25) is 5.91 Å². The number of hydrogen-bond acceptors (Lipinski definition) is 5. The molecule has 0 aromatic heterocycles. The van der Waals surface area contributed by atoms with Gasteiger partial charge < -0.3 is 15.0 Å². The Morgan fingerprint density at radius 1 is 1.37 bits per heavy atom. The third kappa shape index (κ3) is 5.44. The molecule has 2 saturated heterocycles. The molecule has 0 saturated carbocycles. The van der Waals surface area contributed by atoms with Gasteiger partial charge in [-0.1, -0.05) is 29.8 Å². The molecule has 3 atom stereocenters. The van der Waals surface area contributed by atoms with Crippen molar-refractivity contribution < 1.29 is 17.9 Å². The maximum absolute atomic E-state index is 12.9. The lowest BCUT2D eigenvalue weighted by Gasteiger charge is -2.31. The molecule has 27 heavy (non-hydrogen) atoms. The SMILES string of the molecule is CC(NCC(=O)N(CC1CCCO1)C1CCS(=O)(=O)C1)c1ccccc1Cl. The normalized spacial score (nSPS) is 25.4. The molecule has 1 N–H and O–H groups in total. The number of benzene rings is 1. The summed E-state index contributed by atoms with van der Waals surface area (Å²) in [6, 6.07) is 7.19. The Bertz CT molecular complexity index is 765. The Labute approximate surface area is 166 Å². The van der Waals surface area contributed by atoms with E-state index in [0.29, 0.717) is 24.6 Å². The Morgan fingerprint density at radius 3 is 2.78 bits per heavy atom. The number of halogens is 1. The van der Waals surface area contributed by atoms with E-state index in [1.54, 1.807) is 4.90 Å². The van der Waals surface area contributed by atoms with Crippen LogP contribution in [0.2, 0.25) is 5.02 Å². The first-order valence-electron chi connectivity index (χ1n) is 9.45. The smallest absolute Gasteiger partial charge is 0.236 e. The first-order valence-corrected chi connectivity index (χ1v) is 11.6. The fourth-order valence-corrected chi connectivity index (χ4v) is 5.79. The predicted octanol–water partition coefficient (Wildman–Crippen LogP) is 2.19. The zero-order chi connectivity index (χ0) is 19.4. The van der Waals surface area contributed by atoms with Crippen molar-refractivity contribution in [3.8, 4) is 0 Å². The van der Waals surface area contributed by atoms with Crippen LogP contribution in [0.1, 0.15) is 37.8 Å². The van der Waals surface area contributed by atoms with Crippen molar-refractivity contribution in [2.45, 2.75) is 44.4 Å². The predicted molar refractivity (Wildman–Crippen MR) is 106 cm³/mol. The molecular weight excluding hydrogens is 388 g/mol. The van der Waals surface area contributed by atoms with E-state index in [4.69, 9.17) is 16.3 Å². The lowest BCUT2D eigenvalue weighted by molar-refractivity contribution is -0.134. The number of nitrogens with one attached hydrogen (secondary N) is 1. The molecule has 2 heterocycles. The van der Waals surface area contributed by atoms with Crippen LogP contribution < -0.4 is 5.32 Å². The standard InChI is InChI=1S/C19H27ClN2O4S/c1-14(17-6-2-3-7-18(17)20)21-11-19(23)22(12-16-5-4-9-26-16)15-8-10-27(24,25)13-15/h2-3,6-7,14-16,21H,4-5,8-13H2,1H3. The number of rotatable bonds is 7. The van der Waals surface area contributed by atoms with Crippen LogP contribution in [-0.4, -0.2) is 62.6 Å². The summed E-state index contributed by atoms with van der Waals surface area (Å²) >= 11 is 6.23. The van der Waals surface area contributed by atoms with Gasteiger partial charge in [0.25, 0.3) is 0 Å². The zero-order valence-corrected chi connectivity index (χ0v) is 17.1. The fourth-order valence-electron chi connectivity index (χ4n) is 3.76. The van der Waals surface area contributed by atoms with E-state index in [9.17, 15) is 13.2 Å². The van der Waals surface area contributed by atoms with Gasteiger partial charge in [0.1, 0.15) is 0 Å². The minimum atomic E-state index is -3.06. The molecule has 0 bridgehead atoms. The van der Waals surface area contributed by atoms with Crippen LogP contribution in [0.5, 0.6) is 0 Å². The minimum absolute atomic E-state index is 0.00162. The maximum atomic E-state index is 12.9. The molecule has 2 fully saturated rings. The van der Waals surface area contributed by atoms with Crippen LogP contribution in [0.25, 0.3) is 0 Å². The number of nitrogens with zero attached hydrogens (tertiary/aromatic N) is 1. The van der Waals surface area contributed by atoms with E-state index in [1.807, 2.05) is 31.2 Å². The van der Waals surface area contributed by atoms with E-state index >= 15 is 0 Å². The van der Waals surface area contributed by atoms with Gasteiger partial charge in [0.15, 0.2) is 9.84 Å². The molecule has 2 aliphatic heterocycles. The highest BCUT2D eigenvalue weighted by atomic mass is 35.5. The highest BCUT2D eigenvalue weighted by molar-refractivity contribution is 7.91. The Kier molecular flexibility index (Phi) is 6.78. The van der Waals surface area contributed by atoms with Crippen LogP contribution in [-0.2, 0) is 19.4 Å². The van der Waals surface area contributed by atoms with Crippen LogP contribution >= 0.6 is 11.6 Å². The molecular formula is C19H27ClN2O4S. The van der Waals surface area contributed by atoms with Gasteiger partial charge in [0.05, 0.1) is 24.2 Å². The largest absolute Gasteiger partial charge is 0.376 e. The molecule has 0 radical (unpaired) electrons. The van der Waals surface area contributed by atoms with Crippen LogP contribution in [0.15, 0.2) is 24.3 Å². The van der Waals surface area contributed by atoms with Crippen molar-refractivity contribution in [3.63, 3.8) is 0 Å². The van der Waals surface area contributed by atoms with E-state index in [0.717, 1.165) is 18.4 Å². The molecule has 6 nitrogen and oxygen atoms in total. The van der Waals surface area contributed by atoms with E-state index < -0.39 is 9.84 Å². The fraction of sp³-hybridized carbons (Fsp3) is 0.632. The van der Waals surface area contributed by atoms with Crippen molar-refractivity contribution in [2.75, 3.05) is 31.2 Å². The van der Waals surface area contributed by atoms with Crippen molar-refractivity contribution in [2.24, 2.45) is 0 Å². The summed E-state index contributed by atoms with van der Waals surface area (Å²) in [6.45, 7) is 3.26. The topological polar surface area (TPSA) is 75.7 Å². The number of hydrogen-bond donors (Lipinski definition) is 1. The van der Waals surface area contributed by atoms with E-state index in [1.165, 1.54) is 0 Å². The summed E-state index contributed by atoms with van der Waals surface area (Å²) in [5.74, 6) is 0.105. The van der Waals surface area contributed by atoms with Crippen molar-refractivity contribution in [3.05, 3.63) is 34.9 Å². The summed E-state index contributed by atoms with van der Waals surface area (Å²) in [4.78, 5) is 14.6. The molecule has 0 aliphatic carbocycles. The second-order valence-corrected chi connectivity index (χ2v) is 10.00. The first-order chi connectivity index (χ1) is 12.9. The monoisotopic (exact) mass is 414 g/mol. The van der Waals surface area contributed by atoms with Crippen LogP contribution in [0, 0.1) is 0 Å². The molecule has 1 aromatic carbocycles. The first kappa shape index (κ1) is 20.6. The summed E-state index contributed by atoms with van der Waals surface area (Å²) in [5.41, 5.74) is 0.932. The van der Waals surface area contributed by atoms with Gasteiger partial charge in [-0.3, -0.25) is 4.79 Å². The summed E-state index contributed by atoms with van der Waals surface area (Å²) in [6.07, 6.45) is 2.39.